The summed E-state index contributed by atoms with van der Waals surface area (Å²) in [5, 5.41) is 10.7. The van der Waals surface area contributed by atoms with Gasteiger partial charge in [0.15, 0.2) is 0 Å². The van der Waals surface area contributed by atoms with Crippen LogP contribution in [-0.4, -0.2) is 23.9 Å². The fourth-order valence-corrected chi connectivity index (χ4v) is 2.19. The highest BCUT2D eigenvalue weighted by atomic mass is 35.5. The highest BCUT2D eigenvalue weighted by Crippen LogP contribution is 2.27. The highest BCUT2D eigenvalue weighted by Gasteiger charge is 2.31. The third-order valence-electron chi connectivity index (χ3n) is 2.83. The molecule has 0 aromatic heterocycles. The molecule has 1 N–H and O–H groups in total. The Kier molecular flexibility index (Phi) is 3.47. The summed E-state index contributed by atoms with van der Waals surface area (Å²) < 4.78 is 18.3. The van der Waals surface area contributed by atoms with Crippen LogP contribution in [0.15, 0.2) is 18.2 Å². The second kappa shape index (κ2) is 4.70. The van der Waals surface area contributed by atoms with Crippen molar-refractivity contribution in [3.63, 3.8) is 0 Å². The van der Waals surface area contributed by atoms with E-state index in [0.717, 1.165) is 6.42 Å². The van der Waals surface area contributed by atoms with Crippen molar-refractivity contribution in [3.8, 4) is 0 Å². The Bertz CT molecular complexity index is 375. The second-order valence-corrected chi connectivity index (χ2v) is 4.70. The van der Waals surface area contributed by atoms with Gasteiger partial charge in [0, 0.05) is 18.1 Å². The van der Waals surface area contributed by atoms with Gasteiger partial charge in [0.25, 0.3) is 0 Å². The zero-order valence-electron chi connectivity index (χ0n) is 8.88. The Hall–Kier alpha value is -0.640. The van der Waals surface area contributed by atoms with E-state index in [1.54, 1.807) is 0 Å². The number of benzene rings is 1. The lowest BCUT2D eigenvalue weighted by molar-refractivity contribution is -0.0845. The zero-order valence-corrected chi connectivity index (χ0v) is 9.63. The first kappa shape index (κ1) is 11.8. The van der Waals surface area contributed by atoms with Crippen LogP contribution in [0.25, 0.3) is 0 Å². The van der Waals surface area contributed by atoms with E-state index < -0.39 is 5.60 Å². The molecule has 0 radical (unpaired) electrons. The summed E-state index contributed by atoms with van der Waals surface area (Å²) in [6.07, 6.45) is 1.83. The van der Waals surface area contributed by atoms with E-state index in [4.69, 9.17) is 16.3 Å². The maximum absolute atomic E-state index is 13.1. The lowest BCUT2D eigenvalue weighted by atomic mass is 9.89. The van der Waals surface area contributed by atoms with Crippen molar-refractivity contribution in [2.24, 2.45) is 0 Å². The van der Waals surface area contributed by atoms with Crippen LogP contribution in [0.5, 0.6) is 0 Å². The molecule has 4 heteroatoms. The molecule has 88 valence electrons. The topological polar surface area (TPSA) is 29.5 Å². The van der Waals surface area contributed by atoms with Gasteiger partial charge in [-0.15, -0.1) is 0 Å². The van der Waals surface area contributed by atoms with Gasteiger partial charge in [-0.3, -0.25) is 0 Å². The molecule has 1 fully saturated rings. The van der Waals surface area contributed by atoms with Crippen molar-refractivity contribution < 1.29 is 14.2 Å². The molecule has 1 heterocycles. The smallest absolute Gasteiger partial charge is 0.123 e. The number of hydrogen-bond donors (Lipinski definition) is 1. The quantitative estimate of drug-likeness (QED) is 0.867. The Morgan fingerprint density at radius 2 is 2.31 bits per heavy atom. The Balaban J connectivity index is 2.15. The van der Waals surface area contributed by atoms with Crippen LogP contribution in [-0.2, 0) is 11.2 Å². The third kappa shape index (κ3) is 2.73. The molecule has 1 saturated heterocycles. The molecule has 1 unspecified atom stereocenters. The van der Waals surface area contributed by atoms with Crippen molar-refractivity contribution in [3.05, 3.63) is 34.6 Å². The number of halogens is 2. The van der Waals surface area contributed by atoms with Crippen molar-refractivity contribution >= 4 is 11.6 Å². The Labute approximate surface area is 99.0 Å². The van der Waals surface area contributed by atoms with Crippen LogP contribution in [0.1, 0.15) is 18.4 Å². The summed E-state index contributed by atoms with van der Waals surface area (Å²) in [7, 11) is 0. The number of hydrogen-bond acceptors (Lipinski definition) is 2. The first-order chi connectivity index (χ1) is 7.59. The molecule has 0 aliphatic carbocycles. The lowest BCUT2D eigenvalue weighted by Gasteiger charge is -2.32. The molecular weight excluding hydrogens is 231 g/mol. The van der Waals surface area contributed by atoms with Crippen LogP contribution in [0, 0.1) is 5.82 Å². The molecule has 1 aliphatic rings. The standard InChI is InChI=1S/C12H14ClFO2/c13-11-3-2-10(14)6-9(11)7-12(15)4-1-5-16-8-12/h2-3,6,15H,1,4-5,7-8H2. The average molecular weight is 245 g/mol. The van der Waals surface area contributed by atoms with Gasteiger partial charge in [0.05, 0.1) is 12.2 Å². The Morgan fingerprint density at radius 3 is 3.00 bits per heavy atom. The van der Waals surface area contributed by atoms with Crippen LogP contribution in [0.3, 0.4) is 0 Å². The summed E-state index contributed by atoms with van der Waals surface area (Å²) in [6, 6.07) is 4.20. The van der Waals surface area contributed by atoms with Crippen LogP contribution in [0.4, 0.5) is 4.39 Å². The molecule has 1 aromatic carbocycles. The van der Waals surface area contributed by atoms with Crippen LogP contribution < -0.4 is 0 Å². The number of ether oxygens (including phenoxy) is 1. The van der Waals surface area contributed by atoms with E-state index in [9.17, 15) is 9.50 Å². The molecule has 0 spiro atoms. The normalized spacial score (nSPS) is 25.7. The van der Waals surface area contributed by atoms with Gasteiger partial charge >= 0.3 is 0 Å². The molecule has 0 bridgehead atoms. The van der Waals surface area contributed by atoms with E-state index in [1.807, 2.05) is 0 Å². The molecule has 2 rings (SSSR count). The largest absolute Gasteiger partial charge is 0.387 e. The van der Waals surface area contributed by atoms with E-state index in [0.29, 0.717) is 36.6 Å². The molecule has 16 heavy (non-hydrogen) atoms. The van der Waals surface area contributed by atoms with Gasteiger partial charge in [0.1, 0.15) is 5.82 Å². The SMILES string of the molecule is OC1(Cc2cc(F)ccc2Cl)CCCOC1. The minimum atomic E-state index is -0.907. The summed E-state index contributed by atoms with van der Waals surface area (Å²) in [5.41, 5.74) is -0.273. The van der Waals surface area contributed by atoms with Gasteiger partial charge in [-0.2, -0.15) is 0 Å². The van der Waals surface area contributed by atoms with E-state index in [-0.39, 0.29) is 5.82 Å². The van der Waals surface area contributed by atoms with Gasteiger partial charge in [-0.25, -0.2) is 4.39 Å². The van der Waals surface area contributed by atoms with Crippen molar-refractivity contribution in [1.29, 1.82) is 0 Å². The van der Waals surface area contributed by atoms with Gasteiger partial charge in [0.2, 0.25) is 0 Å². The first-order valence-electron chi connectivity index (χ1n) is 5.33. The minimum absolute atomic E-state index is 0.292. The highest BCUT2D eigenvalue weighted by molar-refractivity contribution is 6.31. The molecule has 0 saturated carbocycles. The summed E-state index contributed by atoms with van der Waals surface area (Å²) in [4.78, 5) is 0. The molecule has 0 amide bonds. The summed E-state index contributed by atoms with van der Waals surface area (Å²) >= 11 is 5.96. The maximum atomic E-state index is 13.1. The maximum Gasteiger partial charge on any atom is 0.123 e. The van der Waals surface area contributed by atoms with Gasteiger partial charge in [-0.05, 0) is 36.6 Å². The van der Waals surface area contributed by atoms with Crippen molar-refractivity contribution in [2.45, 2.75) is 24.9 Å². The molecule has 2 nitrogen and oxygen atoms in total. The second-order valence-electron chi connectivity index (χ2n) is 4.29. The molecular formula is C12H14ClFO2. The molecule has 1 aromatic rings. The van der Waals surface area contributed by atoms with E-state index in [1.165, 1.54) is 18.2 Å². The van der Waals surface area contributed by atoms with Crippen LogP contribution >= 0.6 is 11.6 Å². The van der Waals surface area contributed by atoms with E-state index >= 15 is 0 Å². The minimum Gasteiger partial charge on any atom is -0.387 e. The predicted octanol–water partition coefficient (Wildman–Crippen LogP) is 2.56. The third-order valence-corrected chi connectivity index (χ3v) is 3.20. The summed E-state index contributed by atoms with van der Waals surface area (Å²) in [5.74, 6) is -0.334. The summed E-state index contributed by atoms with van der Waals surface area (Å²) in [6.45, 7) is 0.971. The van der Waals surface area contributed by atoms with Gasteiger partial charge in [-0.1, -0.05) is 11.6 Å². The first-order valence-corrected chi connectivity index (χ1v) is 5.71. The van der Waals surface area contributed by atoms with E-state index in [2.05, 4.69) is 0 Å². The van der Waals surface area contributed by atoms with Crippen LogP contribution in [0.2, 0.25) is 5.02 Å². The lowest BCUT2D eigenvalue weighted by Crippen LogP contribution is -2.40. The number of aliphatic hydroxyl groups is 1. The van der Waals surface area contributed by atoms with Crippen molar-refractivity contribution in [1.82, 2.24) is 0 Å². The Morgan fingerprint density at radius 1 is 1.50 bits per heavy atom. The molecule has 1 atom stereocenters. The predicted molar refractivity (Wildman–Crippen MR) is 60.1 cm³/mol. The molecule has 1 aliphatic heterocycles. The zero-order chi connectivity index (χ0) is 11.6. The number of rotatable bonds is 2. The average Bonchev–Trinajstić information content (AvgIpc) is 2.24. The van der Waals surface area contributed by atoms with Crippen molar-refractivity contribution in [2.75, 3.05) is 13.2 Å². The fourth-order valence-electron chi connectivity index (χ4n) is 2.01. The fraction of sp³-hybridized carbons (Fsp3) is 0.500. The monoisotopic (exact) mass is 244 g/mol. The van der Waals surface area contributed by atoms with Gasteiger partial charge < -0.3 is 9.84 Å².